The summed E-state index contributed by atoms with van der Waals surface area (Å²) in [4.78, 5) is 13.0. The van der Waals surface area contributed by atoms with Crippen LogP contribution in [-0.2, 0) is 21.1 Å². The molecule has 4 nitrogen and oxygen atoms in total. The molecule has 2 N–H and O–H groups in total. The van der Waals surface area contributed by atoms with Gasteiger partial charge in [-0.3, -0.25) is 4.79 Å². The van der Waals surface area contributed by atoms with Crippen LogP contribution >= 0.6 is 0 Å². The molecule has 4 aromatic carbocycles. The molecule has 0 aliphatic carbocycles. The first-order valence-corrected chi connectivity index (χ1v) is 15.7. The van der Waals surface area contributed by atoms with Gasteiger partial charge >= 0.3 is 5.97 Å². The van der Waals surface area contributed by atoms with Crippen LogP contribution in [0.4, 0.5) is 13.2 Å². The molecular formula is C34H35F3O4Si. The Labute approximate surface area is 245 Å². The molecule has 0 aliphatic heterocycles. The van der Waals surface area contributed by atoms with Crippen molar-refractivity contribution in [2.75, 3.05) is 6.61 Å². The lowest BCUT2D eigenvalue weighted by molar-refractivity contribution is -0.149. The van der Waals surface area contributed by atoms with Gasteiger partial charge in [0, 0.05) is 6.61 Å². The zero-order valence-electron chi connectivity index (χ0n) is 23.9. The Balaban J connectivity index is 1.77. The van der Waals surface area contributed by atoms with E-state index in [1.807, 2.05) is 60.7 Å². The third kappa shape index (κ3) is 5.93. The standard InChI is InChI=1S/C34H35F3O4Si/c1-33(2,3)42(26-15-9-5-10-16-26,27-17-11-6-12-18-27)41-20-19-30(38)34(32(39)40,23-24-13-7-4-8-14-24)25-21-28(35)31(37)29(36)22-25/h4-18,21-22,30,38H,19-20,23H2,1-3H3,(H,39,40)/t30-,34-/m0/s1. The number of aliphatic hydroxyl groups is 1. The van der Waals surface area contributed by atoms with Crippen LogP contribution in [0.2, 0.25) is 5.04 Å². The Bertz CT molecular complexity index is 1430. The molecule has 220 valence electrons. The number of rotatable bonds is 11. The molecule has 0 saturated carbocycles. The molecule has 4 rings (SSSR count). The van der Waals surface area contributed by atoms with Crippen molar-refractivity contribution in [1.29, 1.82) is 0 Å². The largest absolute Gasteiger partial charge is 0.480 e. The summed E-state index contributed by atoms with van der Waals surface area (Å²) in [6.07, 6.45) is -2.09. The van der Waals surface area contributed by atoms with Gasteiger partial charge in [-0.05, 0) is 51.5 Å². The molecular weight excluding hydrogens is 557 g/mol. The van der Waals surface area contributed by atoms with Crippen molar-refractivity contribution in [3.8, 4) is 0 Å². The van der Waals surface area contributed by atoms with Gasteiger partial charge < -0.3 is 14.6 Å². The Morgan fingerprint density at radius 2 is 1.26 bits per heavy atom. The number of benzene rings is 4. The van der Waals surface area contributed by atoms with Gasteiger partial charge in [-0.2, -0.15) is 0 Å². The molecule has 2 atom stereocenters. The summed E-state index contributed by atoms with van der Waals surface area (Å²) >= 11 is 0. The topological polar surface area (TPSA) is 66.8 Å². The summed E-state index contributed by atoms with van der Waals surface area (Å²) in [5.74, 6) is -6.25. The average Bonchev–Trinajstić information content (AvgIpc) is 2.97. The first-order valence-electron chi connectivity index (χ1n) is 13.8. The second-order valence-corrected chi connectivity index (χ2v) is 15.8. The zero-order chi connectivity index (χ0) is 30.5. The van der Waals surface area contributed by atoms with Gasteiger partial charge in [0.25, 0.3) is 8.32 Å². The molecule has 8 heteroatoms. The molecule has 0 spiro atoms. The minimum atomic E-state index is -3.01. The normalized spacial score (nSPS) is 14.3. The number of hydrogen-bond donors (Lipinski definition) is 2. The number of hydrogen-bond acceptors (Lipinski definition) is 3. The second kappa shape index (κ2) is 12.6. The van der Waals surface area contributed by atoms with Crippen LogP contribution in [0, 0.1) is 17.5 Å². The molecule has 0 unspecified atom stereocenters. The van der Waals surface area contributed by atoms with E-state index in [2.05, 4.69) is 20.8 Å². The van der Waals surface area contributed by atoms with Gasteiger partial charge in [-0.1, -0.05) is 112 Å². The van der Waals surface area contributed by atoms with Gasteiger partial charge in [-0.15, -0.1) is 0 Å². The Hall–Kier alpha value is -3.72. The van der Waals surface area contributed by atoms with Crippen LogP contribution in [-0.4, -0.2) is 37.2 Å². The highest BCUT2D eigenvalue weighted by atomic mass is 28.4. The SMILES string of the molecule is CC(C)(C)[Si](OCC[C@H](O)[C@@](Cc1ccccc1)(C(=O)O)c1cc(F)c(F)c(F)c1)(c1ccccc1)c1ccccc1. The molecule has 0 amide bonds. The van der Waals surface area contributed by atoms with Crippen molar-refractivity contribution in [1.82, 2.24) is 0 Å². The van der Waals surface area contributed by atoms with E-state index in [-0.39, 0.29) is 30.1 Å². The quantitative estimate of drug-likeness (QED) is 0.166. The van der Waals surface area contributed by atoms with Crippen LogP contribution in [0.5, 0.6) is 0 Å². The van der Waals surface area contributed by atoms with Gasteiger partial charge in [-0.25, -0.2) is 13.2 Å². The van der Waals surface area contributed by atoms with E-state index in [0.29, 0.717) is 17.7 Å². The average molecular weight is 593 g/mol. The van der Waals surface area contributed by atoms with Crippen LogP contribution < -0.4 is 10.4 Å². The third-order valence-electron chi connectivity index (χ3n) is 7.90. The zero-order valence-corrected chi connectivity index (χ0v) is 24.9. The molecule has 42 heavy (non-hydrogen) atoms. The smallest absolute Gasteiger partial charge is 0.317 e. The summed E-state index contributed by atoms with van der Waals surface area (Å²) in [5.41, 5.74) is -2.03. The fourth-order valence-electron chi connectivity index (χ4n) is 5.82. The lowest BCUT2D eigenvalue weighted by atomic mass is 9.70. The maximum atomic E-state index is 14.4. The van der Waals surface area contributed by atoms with E-state index in [1.54, 1.807) is 30.3 Å². The molecule has 0 aliphatic rings. The minimum absolute atomic E-state index is 0.0373. The van der Waals surface area contributed by atoms with Crippen LogP contribution in [0.25, 0.3) is 0 Å². The van der Waals surface area contributed by atoms with E-state index in [0.717, 1.165) is 10.4 Å². The van der Waals surface area contributed by atoms with E-state index < -0.39 is 43.3 Å². The lowest BCUT2D eigenvalue weighted by Gasteiger charge is -2.43. The monoisotopic (exact) mass is 592 g/mol. The first-order chi connectivity index (χ1) is 19.9. The molecule has 0 bridgehead atoms. The van der Waals surface area contributed by atoms with E-state index >= 15 is 0 Å². The Kier molecular flexibility index (Phi) is 9.40. The van der Waals surface area contributed by atoms with Gasteiger partial charge in [0.15, 0.2) is 17.5 Å². The fourth-order valence-corrected chi connectivity index (χ4v) is 10.4. The predicted molar refractivity (Wildman–Crippen MR) is 160 cm³/mol. The summed E-state index contributed by atoms with van der Waals surface area (Å²) in [5, 5.41) is 23.9. The summed E-state index contributed by atoms with van der Waals surface area (Å²) in [6.45, 7) is 6.24. The highest BCUT2D eigenvalue weighted by Crippen LogP contribution is 2.39. The van der Waals surface area contributed by atoms with Crippen molar-refractivity contribution < 1.29 is 32.6 Å². The van der Waals surface area contributed by atoms with Crippen molar-refractivity contribution in [2.24, 2.45) is 0 Å². The number of carboxylic acids is 1. The minimum Gasteiger partial charge on any atom is -0.480 e. The van der Waals surface area contributed by atoms with Crippen LogP contribution in [0.1, 0.15) is 38.3 Å². The number of halogens is 3. The van der Waals surface area contributed by atoms with Crippen LogP contribution in [0.15, 0.2) is 103 Å². The van der Waals surface area contributed by atoms with Crippen molar-refractivity contribution in [3.63, 3.8) is 0 Å². The fraction of sp³-hybridized carbons (Fsp3) is 0.265. The molecule has 0 fully saturated rings. The van der Waals surface area contributed by atoms with E-state index in [1.165, 1.54) is 0 Å². The van der Waals surface area contributed by atoms with E-state index in [4.69, 9.17) is 4.43 Å². The molecule has 4 aromatic rings. The first kappa shape index (κ1) is 31.2. The Morgan fingerprint density at radius 3 is 1.69 bits per heavy atom. The number of aliphatic hydroxyl groups excluding tert-OH is 1. The number of aliphatic carboxylic acids is 1. The highest BCUT2D eigenvalue weighted by Gasteiger charge is 2.51. The molecule has 0 radical (unpaired) electrons. The van der Waals surface area contributed by atoms with Crippen molar-refractivity contribution in [2.45, 2.75) is 50.2 Å². The predicted octanol–water partition coefficient (Wildman–Crippen LogP) is 6.00. The Morgan fingerprint density at radius 1 is 0.810 bits per heavy atom. The number of carbonyl (C=O) groups is 1. The van der Waals surface area contributed by atoms with Gasteiger partial charge in [0.2, 0.25) is 0 Å². The summed E-state index contributed by atoms with van der Waals surface area (Å²) in [7, 11) is -3.01. The van der Waals surface area contributed by atoms with Gasteiger partial charge in [0.05, 0.1) is 6.10 Å². The second-order valence-electron chi connectivity index (χ2n) is 11.5. The maximum Gasteiger partial charge on any atom is 0.317 e. The molecule has 0 heterocycles. The summed E-state index contributed by atoms with van der Waals surface area (Å²) in [6, 6.07) is 29.5. The third-order valence-corrected chi connectivity index (χ3v) is 12.9. The summed E-state index contributed by atoms with van der Waals surface area (Å²) < 4.78 is 49.6. The maximum absolute atomic E-state index is 14.4. The number of carboxylic acid groups (broad SMARTS) is 1. The van der Waals surface area contributed by atoms with E-state index in [9.17, 15) is 28.2 Å². The highest BCUT2D eigenvalue weighted by molar-refractivity contribution is 6.99. The van der Waals surface area contributed by atoms with Gasteiger partial charge in [0.1, 0.15) is 5.41 Å². The molecule has 0 saturated heterocycles. The lowest BCUT2D eigenvalue weighted by Crippen LogP contribution is -2.66. The van der Waals surface area contributed by atoms with Crippen LogP contribution in [0.3, 0.4) is 0 Å². The van der Waals surface area contributed by atoms with Crippen molar-refractivity contribution >= 4 is 24.7 Å². The molecule has 0 aromatic heterocycles. The van der Waals surface area contributed by atoms with Crippen molar-refractivity contribution in [3.05, 3.63) is 132 Å².